The summed E-state index contributed by atoms with van der Waals surface area (Å²) in [5, 5.41) is 3.04. The average Bonchev–Trinajstić information content (AvgIpc) is 3.11. The van der Waals surface area contributed by atoms with E-state index in [0.29, 0.717) is 11.5 Å². The van der Waals surface area contributed by atoms with Crippen molar-refractivity contribution in [1.29, 1.82) is 0 Å². The lowest BCUT2D eigenvalue weighted by molar-refractivity contribution is 0.0932. The fourth-order valence-corrected chi connectivity index (χ4v) is 2.51. The highest BCUT2D eigenvalue weighted by Crippen LogP contribution is 2.29. The topological polar surface area (TPSA) is 71.2 Å². The minimum atomic E-state index is -0.120. The van der Waals surface area contributed by atoms with Crippen LogP contribution >= 0.6 is 0 Å². The molecule has 2 fully saturated rings. The first-order valence-electron chi connectivity index (χ1n) is 6.50. The van der Waals surface area contributed by atoms with Crippen molar-refractivity contribution in [3.8, 4) is 0 Å². The van der Waals surface area contributed by atoms with E-state index < -0.39 is 0 Å². The SMILES string of the molecule is Nc1cccc(C(=O)NC2CCN(C3CC3)C2)n1. The van der Waals surface area contributed by atoms with Gasteiger partial charge >= 0.3 is 0 Å². The number of hydrogen-bond donors (Lipinski definition) is 2. The Morgan fingerprint density at radius 1 is 1.39 bits per heavy atom. The number of nitrogens with two attached hydrogens (primary N) is 1. The molecule has 5 nitrogen and oxygen atoms in total. The Kier molecular flexibility index (Phi) is 2.91. The molecule has 0 radical (unpaired) electrons. The smallest absolute Gasteiger partial charge is 0.270 e. The van der Waals surface area contributed by atoms with Gasteiger partial charge in [0.15, 0.2) is 0 Å². The van der Waals surface area contributed by atoms with E-state index in [-0.39, 0.29) is 11.9 Å². The molecule has 5 heteroatoms. The lowest BCUT2D eigenvalue weighted by Gasteiger charge is -2.15. The van der Waals surface area contributed by atoms with E-state index in [4.69, 9.17) is 5.73 Å². The summed E-state index contributed by atoms with van der Waals surface area (Å²) in [6, 6.07) is 6.15. The first-order chi connectivity index (χ1) is 8.72. The van der Waals surface area contributed by atoms with Crippen LogP contribution < -0.4 is 11.1 Å². The number of nitrogens with zero attached hydrogens (tertiary/aromatic N) is 2. The predicted molar refractivity (Wildman–Crippen MR) is 69.1 cm³/mol. The van der Waals surface area contributed by atoms with Crippen LogP contribution in [-0.2, 0) is 0 Å². The van der Waals surface area contributed by atoms with E-state index in [1.165, 1.54) is 12.8 Å². The van der Waals surface area contributed by atoms with Gasteiger partial charge in [-0.1, -0.05) is 6.07 Å². The summed E-state index contributed by atoms with van der Waals surface area (Å²) in [6.07, 6.45) is 3.67. The zero-order valence-electron chi connectivity index (χ0n) is 10.3. The number of nitrogens with one attached hydrogen (secondary N) is 1. The van der Waals surface area contributed by atoms with Gasteiger partial charge in [-0.3, -0.25) is 9.69 Å². The third kappa shape index (κ3) is 2.46. The maximum atomic E-state index is 12.0. The van der Waals surface area contributed by atoms with E-state index in [1.54, 1.807) is 18.2 Å². The predicted octanol–water partition coefficient (Wildman–Crippen LogP) is 0.630. The quantitative estimate of drug-likeness (QED) is 0.820. The first-order valence-corrected chi connectivity index (χ1v) is 6.50. The van der Waals surface area contributed by atoms with Gasteiger partial charge in [-0.2, -0.15) is 0 Å². The first kappa shape index (κ1) is 11.5. The van der Waals surface area contributed by atoms with E-state index in [9.17, 15) is 4.79 Å². The summed E-state index contributed by atoms with van der Waals surface area (Å²) in [5.74, 6) is 0.263. The molecule has 1 aromatic rings. The molecule has 0 aromatic carbocycles. The zero-order chi connectivity index (χ0) is 12.5. The molecule has 3 rings (SSSR count). The molecule has 18 heavy (non-hydrogen) atoms. The number of carbonyl (C=O) groups excluding carboxylic acids is 1. The number of rotatable bonds is 3. The molecular weight excluding hydrogens is 228 g/mol. The fourth-order valence-electron chi connectivity index (χ4n) is 2.51. The van der Waals surface area contributed by atoms with Crippen LogP contribution in [0.4, 0.5) is 5.82 Å². The maximum Gasteiger partial charge on any atom is 0.270 e. The number of aromatic nitrogens is 1. The standard InChI is InChI=1S/C13H18N4O/c14-12-3-1-2-11(16-12)13(18)15-9-6-7-17(8-9)10-4-5-10/h1-3,9-10H,4-8H2,(H2,14,16)(H,15,18). The van der Waals surface area contributed by atoms with Crippen molar-refractivity contribution in [2.24, 2.45) is 0 Å². The molecule has 1 aliphatic carbocycles. The van der Waals surface area contributed by atoms with Crippen molar-refractivity contribution in [3.63, 3.8) is 0 Å². The van der Waals surface area contributed by atoms with Crippen LogP contribution in [0.25, 0.3) is 0 Å². The highest BCUT2D eigenvalue weighted by Gasteiger charge is 2.34. The van der Waals surface area contributed by atoms with Gasteiger partial charge < -0.3 is 11.1 Å². The van der Waals surface area contributed by atoms with Crippen LogP contribution in [0.1, 0.15) is 29.8 Å². The summed E-state index contributed by atoms with van der Waals surface area (Å²) in [5.41, 5.74) is 5.98. The maximum absolute atomic E-state index is 12.0. The number of carbonyl (C=O) groups is 1. The lowest BCUT2D eigenvalue weighted by atomic mass is 10.2. The molecule has 0 spiro atoms. The highest BCUT2D eigenvalue weighted by atomic mass is 16.1. The summed E-state index contributed by atoms with van der Waals surface area (Å²) in [4.78, 5) is 18.5. The van der Waals surface area contributed by atoms with Gasteiger partial charge in [-0.15, -0.1) is 0 Å². The van der Waals surface area contributed by atoms with E-state index in [2.05, 4.69) is 15.2 Å². The molecule has 1 aromatic heterocycles. The minimum absolute atomic E-state index is 0.120. The Hall–Kier alpha value is -1.62. The van der Waals surface area contributed by atoms with Crippen LogP contribution in [0, 0.1) is 0 Å². The summed E-state index contributed by atoms with van der Waals surface area (Å²) in [7, 11) is 0. The lowest BCUT2D eigenvalue weighted by Crippen LogP contribution is -2.37. The van der Waals surface area contributed by atoms with Gasteiger partial charge in [-0.05, 0) is 31.4 Å². The van der Waals surface area contributed by atoms with Crippen molar-refractivity contribution in [2.75, 3.05) is 18.8 Å². The van der Waals surface area contributed by atoms with Crippen LogP contribution in [0.15, 0.2) is 18.2 Å². The van der Waals surface area contributed by atoms with E-state index in [1.807, 2.05) is 0 Å². The second-order valence-corrected chi connectivity index (χ2v) is 5.13. The van der Waals surface area contributed by atoms with Crippen molar-refractivity contribution < 1.29 is 4.79 Å². The number of anilines is 1. The molecule has 2 heterocycles. The van der Waals surface area contributed by atoms with Crippen LogP contribution in [0.2, 0.25) is 0 Å². The van der Waals surface area contributed by atoms with Crippen LogP contribution in [-0.4, -0.2) is 41.0 Å². The molecule has 2 aliphatic rings. The normalized spacial score (nSPS) is 24.1. The molecule has 1 amide bonds. The molecule has 1 unspecified atom stereocenters. The summed E-state index contributed by atoms with van der Waals surface area (Å²) in [6.45, 7) is 2.07. The second-order valence-electron chi connectivity index (χ2n) is 5.13. The van der Waals surface area contributed by atoms with Crippen molar-refractivity contribution in [3.05, 3.63) is 23.9 Å². The molecular formula is C13H18N4O. The van der Waals surface area contributed by atoms with Crippen molar-refractivity contribution >= 4 is 11.7 Å². The molecule has 96 valence electrons. The van der Waals surface area contributed by atoms with Gasteiger partial charge in [0.2, 0.25) is 0 Å². The molecule has 1 saturated carbocycles. The Morgan fingerprint density at radius 3 is 2.94 bits per heavy atom. The highest BCUT2D eigenvalue weighted by molar-refractivity contribution is 5.92. The van der Waals surface area contributed by atoms with Gasteiger partial charge in [-0.25, -0.2) is 4.98 Å². The van der Waals surface area contributed by atoms with Gasteiger partial charge in [0.25, 0.3) is 5.91 Å². The monoisotopic (exact) mass is 246 g/mol. The zero-order valence-corrected chi connectivity index (χ0v) is 10.3. The number of pyridine rings is 1. The van der Waals surface area contributed by atoms with Crippen LogP contribution in [0.5, 0.6) is 0 Å². The number of nitrogen functional groups attached to an aromatic ring is 1. The van der Waals surface area contributed by atoms with Gasteiger partial charge in [0.1, 0.15) is 11.5 Å². The van der Waals surface area contributed by atoms with Crippen molar-refractivity contribution in [2.45, 2.75) is 31.3 Å². The average molecular weight is 246 g/mol. The number of hydrogen-bond acceptors (Lipinski definition) is 4. The Balaban J connectivity index is 1.58. The molecule has 1 atom stereocenters. The summed E-state index contributed by atoms with van der Waals surface area (Å²) < 4.78 is 0. The van der Waals surface area contributed by atoms with E-state index in [0.717, 1.165) is 25.6 Å². The number of likely N-dealkylation sites (tertiary alicyclic amines) is 1. The van der Waals surface area contributed by atoms with Gasteiger partial charge in [0.05, 0.1) is 0 Å². The molecule has 3 N–H and O–H groups in total. The van der Waals surface area contributed by atoms with Gasteiger partial charge in [0, 0.05) is 25.2 Å². The largest absolute Gasteiger partial charge is 0.384 e. The summed E-state index contributed by atoms with van der Waals surface area (Å²) >= 11 is 0. The Morgan fingerprint density at radius 2 is 2.22 bits per heavy atom. The molecule has 1 saturated heterocycles. The third-order valence-electron chi connectivity index (χ3n) is 3.62. The third-order valence-corrected chi connectivity index (χ3v) is 3.62. The molecule has 1 aliphatic heterocycles. The van der Waals surface area contributed by atoms with Crippen LogP contribution in [0.3, 0.4) is 0 Å². The fraction of sp³-hybridized carbons (Fsp3) is 0.538. The van der Waals surface area contributed by atoms with Crippen molar-refractivity contribution in [1.82, 2.24) is 15.2 Å². The Bertz CT molecular complexity index is 458. The number of amides is 1. The van der Waals surface area contributed by atoms with E-state index >= 15 is 0 Å². The second kappa shape index (κ2) is 4.57. The Labute approximate surface area is 106 Å². The minimum Gasteiger partial charge on any atom is -0.384 e. The molecule has 0 bridgehead atoms.